The molecular weight excluding hydrogens is 264 g/mol. The fourth-order valence-corrected chi connectivity index (χ4v) is 2.22. The summed E-state index contributed by atoms with van der Waals surface area (Å²) in [6.45, 7) is 6.49. The molecule has 1 atom stereocenters. The van der Waals surface area contributed by atoms with Gasteiger partial charge in [-0.15, -0.1) is 0 Å². The van der Waals surface area contributed by atoms with E-state index in [2.05, 4.69) is 29.8 Å². The van der Waals surface area contributed by atoms with E-state index >= 15 is 0 Å². The van der Waals surface area contributed by atoms with Gasteiger partial charge in [-0.3, -0.25) is 0 Å². The van der Waals surface area contributed by atoms with Gasteiger partial charge in [-0.1, -0.05) is 48.7 Å². The van der Waals surface area contributed by atoms with Crippen LogP contribution in [0.3, 0.4) is 0 Å². The second-order valence-electron chi connectivity index (χ2n) is 4.84. The van der Waals surface area contributed by atoms with Crippen molar-refractivity contribution >= 4 is 15.9 Å². The minimum atomic E-state index is -0.323. The molecule has 2 heteroatoms. The molecule has 1 nitrogen and oxygen atoms in total. The molecular formula is C14H21BrO. The molecule has 90 valence electrons. The van der Waals surface area contributed by atoms with Gasteiger partial charge in [0.25, 0.3) is 0 Å². The lowest BCUT2D eigenvalue weighted by molar-refractivity contribution is 0.161. The average Bonchev–Trinajstić information content (AvgIpc) is 2.21. The molecule has 1 unspecified atom stereocenters. The maximum absolute atomic E-state index is 10.1. The predicted molar refractivity (Wildman–Crippen MR) is 72.5 cm³/mol. The van der Waals surface area contributed by atoms with Crippen LogP contribution in [0, 0.1) is 12.8 Å². The van der Waals surface area contributed by atoms with Crippen LogP contribution in [-0.2, 0) is 0 Å². The zero-order chi connectivity index (χ0) is 12.1. The molecule has 0 aliphatic rings. The van der Waals surface area contributed by atoms with Gasteiger partial charge in [-0.2, -0.15) is 0 Å². The van der Waals surface area contributed by atoms with Gasteiger partial charge in [0.1, 0.15) is 0 Å². The Labute approximate surface area is 107 Å². The zero-order valence-electron chi connectivity index (χ0n) is 10.3. The van der Waals surface area contributed by atoms with Crippen LogP contribution >= 0.6 is 15.9 Å². The molecule has 0 spiro atoms. The highest BCUT2D eigenvalue weighted by Gasteiger charge is 2.10. The first-order valence-corrected chi connectivity index (χ1v) is 6.74. The summed E-state index contributed by atoms with van der Waals surface area (Å²) in [6, 6.07) is 6.08. The van der Waals surface area contributed by atoms with Gasteiger partial charge in [0, 0.05) is 4.47 Å². The molecule has 0 saturated heterocycles. The molecule has 0 bridgehead atoms. The van der Waals surface area contributed by atoms with Crippen LogP contribution in [0.25, 0.3) is 0 Å². The van der Waals surface area contributed by atoms with Crippen LogP contribution in [0.15, 0.2) is 22.7 Å². The Hall–Kier alpha value is -0.340. The van der Waals surface area contributed by atoms with Crippen LogP contribution in [0.5, 0.6) is 0 Å². The first kappa shape index (κ1) is 13.7. The van der Waals surface area contributed by atoms with Gasteiger partial charge in [0.2, 0.25) is 0 Å². The standard InChI is InChI=1S/C14H21BrO/c1-10(2)5-4-6-14(16)13-9-12(15)8-7-11(13)3/h7-10,14,16H,4-6H2,1-3H3. The summed E-state index contributed by atoms with van der Waals surface area (Å²) in [5, 5.41) is 10.1. The monoisotopic (exact) mass is 284 g/mol. The Morgan fingerprint density at radius 2 is 1.94 bits per heavy atom. The van der Waals surface area contributed by atoms with Crippen molar-refractivity contribution in [3.05, 3.63) is 33.8 Å². The van der Waals surface area contributed by atoms with Crippen molar-refractivity contribution in [2.45, 2.75) is 46.1 Å². The molecule has 1 aromatic carbocycles. The van der Waals surface area contributed by atoms with Gasteiger partial charge in [-0.25, -0.2) is 0 Å². The second-order valence-corrected chi connectivity index (χ2v) is 5.76. The summed E-state index contributed by atoms with van der Waals surface area (Å²) in [4.78, 5) is 0. The van der Waals surface area contributed by atoms with Crippen molar-refractivity contribution in [1.82, 2.24) is 0 Å². The van der Waals surface area contributed by atoms with Crippen LogP contribution in [0.1, 0.15) is 50.3 Å². The highest BCUT2D eigenvalue weighted by Crippen LogP contribution is 2.26. The second kappa shape index (κ2) is 6.41. The van der Waals surface area contributed by atoms with Crippen LogP contribution in [-0.4, -0.2) is 5.11 Å². The summed E-state index contributed by atoms with van der Waals surface area (Å²) in [5.41, 5.74) is 2.22. The average molecular weight is 285 g/mol. The molecule has 16 heavy (non-hydrogen) atoms. The maximum Gasteiger partial charge on any atom is 0.0793 e. The lowest BCUT2D eigenvalue weighted by Gasteiger charge is -2.14. The van der Waals surface area contributed by atoms with Gasteiger partial charge < -0.3 is 5.11 Å². The molecule has 1 aromatic rings. The van der Waals surface area contributed by atoms with Crippen LogP contribution in [0.2, 0.25) is 0 Å². The van der Waals surface area contributed by atoms with Crippen molar-refractivity contribution < 1.29 is 5.11 Å². The molecule has 0 aliphatic carbocycles. The van der Waals surface area contributed by atoms with Gasteiger partial charge >= 0.3 is 0 Å². The summed E-state index contributed by atoms with van der Waals surface area (Å²) >= 11 is 3.44. The van der Waals surface area contributed by atoms with E-state index in [9.17, 15) is 5.11 Å². The molecule has 0 fully saturated rings. The normalized spacial score (nSPS) is 13.1. The predicted octanol–water partition coefficient (Wildman–Crippen LogP) is 4.62. The lowest BCUT2D eigenvalue weighted by Crippen LogP contribution is -2.01. The van der Waals surface area contributed by atoms with Crippen molar-refractivity contribution in [3.8, 4) is 0 Å². The third kappa shape index (κ3) is 4.26. The van der Waals surface area contributed by atoms with Gasteiger partial charge in [0.15, 0.2) is 0 Å². The number of aliphatic hydroxyl groups excluding tert-OH is 1. The van der Waals surface area contributed by atoms with E-state index in [1.807, 2.05) is 25.1 Å². The molecule has 0 heterocycles. The van der Waals surface area contributed by atoms with E-state index in [1.165, 1.54) is 12.0 Å². The number of aliphatic hydroxyl groups is 1. The number of hydrogen-bond acceptors (Lipinski definition) is 1. The molecule has 0 amide bonds. The fraction of sp³-hybridized carbons (Fsp3) is 0.571. The summed E-state index contributed by atoms with van der Waals surface area (Å²) in [6.07, 6.45) is 2.81. The molecule has 0 radical (unpaired) electrons. The third-order valence-corrected chi connectivity index (χ3v) is 3.35. The number of hydrogen-bond donors (Lipinski definition) is 1. The van der Waals surface area contributed by atoms with E-state index in [-0.39, 0.29) is 6.10 Å². The highest BCUT2D eigenvalue weighted by atomic mass is 79.9. The maximum atomic E-state index is 10.1. The van der Waals surface area contributed by atoms with Crippen molar-refractivity contribution in [3.63, 3.8) is 0 Å². The third-order valence-electron chi connectivity index (χ3n) is 2.86. The van der Waals surface area contributed by atoms with Crippen molar-refractivity contribution in [2.75, 3.05) is 0 Å². The summed E-state index contributed by atoms with van der Waals surface area (Å²) < 4.78 is 1.04. The Morgan fingerprint density at radius 1 is 1.25 bits per heavy atom. The summed E-state index contributed by atoms with van der Waals surface area (Å²) in [5.74, 6) is 0.718. The molecule has 1 rings (SSSR count). The molecule has 0 aromatic heterocycles. The molecule has 1 N–H and O–H groups in total. The van der Waals surface area contributed by atoms with Crippen molar-refractivity contribution in [1.29, 1.82) is 0 Å². The molecule has 0 saturated carbocycles. The highest BCUT2D eigenvalue weighted by molar-refractivity contribution is 9.10. The van der Waals surface area contributed by atoms with E-state index in [0.717, 1.165) is 28.8 Å². The molecule has 0 aliphatic heterocycles. The topological polar surface area (TPSA) is 20.2 Å². The first-order valence-electron chi connectivity index (χ1n) is 5.95. The smallest absolute Gasteiger partial charge is 0.0793 e. The fourth-order valence-electron chi connectivity index (χ4n) is 1.85. The van der Waals surface area contributed by atoms with E-state index in [4.69, 9.17) is 0 Å². The number of aryl methyl sites for hydroxylation is 1. The number of rotatable bonds is 5. The number of halogens is 1. The van der Waals surface area contributed by atoms with E-state index in [0.29, 0.717) is 0 Å². The van der Waals surface area contributed by atoms with E-state index < -0.39 is 0 Å². The Balaban J connectivity index is 2.58. The van der Waals surface area contributed by atoms with Crippen LogP contribution in [0.4, 0.5) is 0 Å². The van der Waals surface area contributed by atoms with Gasteiger partial charge in [-0.05, 0) is 42.5 Å². The van der Waals surface area contributed by atoms with Crippen LogP contribution < -0.4 is 0 Å². The zero-order valence-corrected chi connectivity index (χ0v) is 11.9. The quantitative estimate of drug-likeness (QED) is 0.837. The van der Waals surface area contributed by atoms with Gasteiger partial charge in [0.05, 0.1) is 6.10 Å². The Kier molecular flexibility index (Phi) is 5.50. The Morgan fingerprint density at radius 3 is 2.56 bits per heavy atom. The first-order chi connectivity index (χ1) is 7.50. The SMILES string of the molecule is Cc1ccc(Br)cc1C(O)CCCC(C)C. The van der Waals surface area contributed by atoms with E-state index in [1.54, 1.807) is 0 Å². The minimum Gasteiger partial charge on any atom is -0.388 e. The minimum absolute atomic E-state index is 0.323. The summed E-state index contributed by atoms with van der Waals surface area (Å²) in [7, 11) is 0. The Bertz CT molecular complexity index is 334. The van der Waals surface area contributed by atoms with Crippen molar-refractivity contribution in [2.24, 2.45) is 5.92 Å². The number of benzene rings is 1. The largest absolute Gasteiger partial charge is 0.388 e. The lowest BCUT2D eigenvalue weighted by atomic mass is 9.97.